The van der Waals surface area contributed by atoms with Crippen molar-refractivity contribution in [1.82, 2.24) is 10.2 Å². The third-order valence-corrected chi connectivity index (χ3v) is 4.07. The normalized spacial score (nSPS) is 21.6. The van der Waals surface area contributed by atoms with E-state index in [-0.39, 0.29) is 11.9 Å². The number of carbonyl (C=O) groups excluding carboxylic acids is 1. The van der Waals surface area contributed by atoms with Crippen LogP contribution in [0.3, 0.4) is 0 Å². The molecule has 1 amide bonds. The lowest BCUT2D eigenvalue weighted by atomic mass is 9.97. The number of hydrogen-bond acceptors (Lipinski definition) is 4. The summed E-state index contributed by atoms with van der Waals surface area (Å²) in [6.45, 7) is 4.10. The van der Waals surface area contributed by atoms with Crippen molar-refractivity contribution in [2.75, 3.05) is 13.1 Å². The third kappa shape index (κ3) is 3.84. The van der Waals surface area contributed by atoms with Crippen molar-refractivity contribution in [3.63, 3.8) is 0 Å². The molecule has 1 aromatic heterocycles. The molecule has 5 nitrogen and oxygen atoms in total. The molecule has 0 aliphatic carbocycles. The minimum atomic E-state index is -0.109. The van der Waals surface area contributed by atoms with E-state index in [1.54, 1.807) is 6.26 Å². The quantitative estimate of drug-likeness (QED) is 0.827. The highest BCUT2D eigenvalue weighted by atomic mass is 16.3. The van der Waals surface area contributed by atoms with Gasteiger partial charge in [-0.15, -0.1) is 0 Å². The van der Waals surface area contributed by atoms with Crippen molar-refractivity contribution in [2.24, 2.45) is 5.73 Å². The van der Waals surface area contributed by atoms with Crippen molar-refractivity contribution in [3.05, 3.63) is 24.2 Å². The molecule has 20 heavy (non-hydrogen) atoms. The number of nitrogens with two attached hydrogens (primary N) is 1. The van der Waals surface area contributed by atoms with E-state index in [1.165, 1.54) is 6.42 Å². The lowest BCUT2D eigenvalue weighted by Gasteiger charge is -2.39. The molecule has 2 heterocycles. The number of nitrogens with zero attached hydrogens (tertiary/aromatic N) is 1. The standard InChI is InChI=1S/C15H25N3O2/c1-12(15(19)17-11-14-6-4-10-20-14)18-9-3-2-5-13(18)7-8-16/h4,6,10,12-13H,2-3,5,7-9,11,16H2,1H3,(H,17,19). The lowest BCUT2D eigenvalue weighted by molar-refractivity contribution is -0.127. The van der Waals surface area contributed by atoms with Crippen LogP contribution in [-0.4, -0.2) is 36.0 Å². The first kappa shape index (κ1) is 15.1. The van der Waals surface area contributed by atoms with Gasteiger partial charge < -0.3 is 15.5 Å². The van der Waals surface area contributed by atoms with Gasteiger partial charge in [0.15, 0.2) is 0 Å². The molecule has 2 atom stereocenters. The van der Waals surface area contributed by atoms with Crippen LogP contribution >= 0.6 is 0 Å². The molecule has 112 valence electrons. The third-order valence-electron chi connectivity index (χ3n) is 4.07. The topological polar surface area (TPSA) is 71.5 Å². The van der Waals surface area contributed by atoms with Crippen molar-refractivity contribution in [3.8, 4) is 0 Å². The van der Waals surface area contributed by atoms with E-state index >= 15 is 0 Å². The Balaban J connectivity index is 1.87. The Hall–Kier alpha value is -1.33. The van der Waals surface area contributed by atoms with E-state index in [9.17, 15) is 4.79 Å². The Morgan fingerprint density at radius 2 is 2.45 bits per heavy atom. The summed E-state index contributed by atoms with van der Waals surface area (Å²) >= 11 is 0. The van der Waals surface area contributed by atoms with Crippen LogP contribution in [0.1, 0.15) is 38.4 Å². The Kier molecular flexibility index (Phi) is 5.61. The number of likely N-dealkylation sites (tertiary alicyclic amines) is 1. The van der Waals surface area contributed by atoms with E-state index in [4.69, 9.17) is 10.2 Å². The highest BCUT2D eigenvalue weighted by Crippen LogP contribution is 2.21. The summed E-state index contributed by atoms with van der Waals surface area (Å²) in [5.41, 5.74) is 5.68. The zero-order chi connectivity index (χ0) is 14.4. The van der Waals surface area contributed by atoms with Crippen LogP contribution in [0.2, 0.25) is 0 Å². The summed E-state index contributed by atoms with van der Waals surface area (Å²) in [6, 6.07) is 4.02. The van der Waals surface area contributed by atoms with Crippen LogP contribution < -0.4 is 11.1 Å². The van der Waals surface area contributed by atoms with Crippen molar-refractivity contribution in [2.45, 2.75) is 51.2 Å². The molecule has 0 spiro atoms. The van der Waals surface area contributed by atoms with Gasteiger partial charge in [-0.3, -0.25) is 9.69 Å². The smallest absolute Gasteiger partial charge is 0.237 e. The first-order valence-electron chi connectivity index (χ1n) is 7.48. The molecule has 2 rings (SSSR count). The summed E-state index contributed by atoms with van der Waals surface area (Å²) in [5, 5.41) is 2.94. The molecule has 1 aliphatic rings. The first-order valence-corrected chi connectivity index (χ1v) is 7.48. The van der Waals surface area contributed by atoms with Crippen molar-refractivity contribution >= 4 is 5.91 Å². The Morgan fingerprint density at radius 3 is 3.15 bits per heavy atom. The second kappa shape index (κ2) is 7.45. The van der Waals surface area contributed by atoms with Gasteiger partial charge in [-0.2, -0.15) is 0 Å². The van der Waals surface area contributed by atoms with Crippen molar-refractivity contribution < 1.29 is 9.21 Å². The molecule has 1 saturated heterocycles. The molecule has 0 saturated carbocycles. The van der Waals surface area contributed by atoms with Gasteiger partial charge >= 0.3 is 0 Å². The van der Waals surface area contributed by atoms with Crippen LogP contribution in [0, 0.1) is 0 Å². The molecule has 0 radical (unpaired) electrons. The van der Waals surface area contributed by atoms with E-state index in [1.807, 2.05) is 19.1 Å². The lowest BCUT2D eigenvalue weighted by Crippen LogP contribution is -2.52. The van der Waals surface area contributed by atoms with Gasteiger partial charge in [-0.25, -0.2) is 0 Å². The molecule has 0 bridgehead atoms. The highest BCUT2D eigenvalue weighted by molar-refractivity contribution is 5.81. The number of amides is 1. The minimum absolute atomic E-state index is 0.0605. The van der Waals surface area contributed by atoms with Crippen LogP contribution in [-0.2, 0) is 11.3 Å². The fourth-order valence-corrected chi connectivity index (χ4v) is 2.92. The van der Waals surface area contributed by atoms with E-state index in [0.29, 0.717) is 19.1 Å². The van der Waals surface area contributed by atoms with Gasteiger partial charge in [-0.05, 0) is 51.4 Å². The number of furan rings is 1. The van der Waals surface area contributed by atoms with Gasteiger partial charge in [0.2, 0.25) is 5.91 Å². The second-order valence-electron chi connectivity index (χ2n) is 5.44. The SMILES string of the molecule is CC(C(=O)NCc1ccco1)N1CCCCC1CCN. The summed E-state index contributed by atoms with van der Waals surface area (Å²) in [7, 11) is 0. The minimum Gasteiger partial charge on any atom is -0.467 e. The van der Waals surface area contributed by atoms with Crippen LogP contribution in [0.5, 0.6) is 0 Å². The maximum Gasteiger partial charge on any atom is 0.237 e. The summed E-state index contributed by atoms with van der Waals surface area (Å²) in [4.78, 5) is 14.6. The van der Waals surface area contributed by atoms with Gasteiger partial charge in [0.25, 0.3) is 0 Å². The molecule has 0 aromatic carbocycles. The van der Waals surface area contributed by atoms with E-state index in [0.717, 1.165) is 31.6 Å². The highest BCUT2D eigenvalue weighted by Gasteiger charge is 2.29. The van der Waals surface area contributed by atoms with E-state index < -0.39 is 0 Å². The predicted octanol–water partition coefficient (Wildman–Crippen LogP) is 1.49. The van der Waals surface area contributed by atoms with Crippen molar-refractivity contribution in [1.29, 1.82) is 0 Å². The van der Waals surface area contributed by atoms with Crippen LogP contribution in [0.25, 0.3) is 0 Å². The van der Waals surface area contributed by atoms with Crippen LogP contribution in [0.4, 0.5) is 0 Å². The van der Waals surface area contributed by atoms with Crippen LogP contribution in [0.15, 0.2) is 22.8 Å². The zero-order valence-corrected chi connectivity index (χ0v) is 12.2. The fourth-order valence-electron chi connectivity index (χ4n) is 2.92. The average molecular weight is 279 g/mol. The first-order chi connectivity index (χ1) is 9.72. The summed E-state index contributed by atoms with van der Waals surface area (Å²) < 4.78 is 5.22. The molecule has 1 fully saturated rings. The molecular weight excluding hydrogens is 254 g/mol. The number of rotatable bonds is 6. The molecule has 1 aliphatic heterocycles. The molecule has 1 aromatic rings. The molecular formula is C15H25N3O2. The number of hydrogen-bond donors (Lipinski definition) is 2. The second-order valence-corrected chi connectivity index (χ2v) is 5.44. The predicted molar refractivity (Wildman–Crippen MR) is 78.0 cm³/mol. The Morgan fingerprint density at radius 1 is 1.60 bits per heavy atom. The molecule has 5 heteroatoms. The monoisotopic (exact) mass is 279 g/mol. The van der Waals surface area contributed by atoms with Gasteiger partial charge in [0, 0.05) is 6.04 Å². The molecule has 2 unspecified atom stereocenters. The largest absolute Gasteiger partial charge is 0.467 e. The van der Waals surface area contributed by atoms with Gasteiger partial charge in [-0.1, -0.05) is 6.42 Å². The fraction of sp³-hybridized carbons (Fsp3) is 0.667. The number of carbonyl (C=O) groups is 1. The van der Waals surface area contributed by atoms with Gasteiger partial charge in [0.1, 0.15) is 5.76 Å². The number of piperidine rings is 1. The maximum atomic E-state index is 12.3. The maximum absolute atomic E-state index is 12.3. The summed E-state index contributed by atoms with van der Waals surface area (Å²) in [5.74, 6) is 0.841. The summed E-state index contributed by atoms with van der Waals surface area (Å²) in [6.07, 6.45) is 6.13. The zero-order valence-electron chi connectivity index (χ0n) is 12.2. The average Bonchev–Trinajstić information content (AvgIpc) is 2.98. The Bertz CT molecular complexity index is 403. The number of nitrogens with one attached hydrogen (secondary N) is 1. The molecule has 3 N–H and O–H groups in total. The van der Waals surface area contributed by atoms with E-state index in [2.05, 4.69) is 10.2 Å². The van der Waals surface area contributed by atoms with Gasteiger partial charge in [0.05, 0.1) is 18.8 Å². The Labute approximate surface area is 120 Å².